The number of ether oxygens (including phenoxy) is 1. The van der Waals surface area contributed by atoms with E-state index in [0.29, 0.717) is 69.3 Å². The molecule has 0 fully saturated rings. The first-order chi connectivity index (χ1) is 29.6. The summed E-state index contributed by atoms with van der Waals surface area (Å²) < 4.78 is 77.9. The average molecular weight is 898 g/mol. The Morgan fingerprint density at radius 3 is 1.59 bits per heavy atom. The molecule has 0 saturated heterocycles. The molecule has 2 unspecified atom stereocenters. The molecule has 2 atom stereocenters. The van der Waals surface area contributed by atoms with Gasteiger partial charge in [0.05, 0.1) is 27.7 Å². The number of halogens is 6. The van der Waals surface area contributed by atoms with Crippen molar-refractivity contribution in [2.24, 2.45) is 0 Å². The molecule has 4 aromatic rings. The van der Waals surface area contributed by atoms with Crippen LogP contribution in [-0.2, 0) is 25.9 Å². The van der Waals surface area contributed by atoms with E-state index in [9.17, 15) is 55.8 Å². The van der Waals surface area contributed by atoms with Crippen molar-refractivity contribution < 1.29 is 83.6 Å². The van der Waals surface area contributed by atoms with E-state index in [1.54, 1.807) is 18.9 Å². The summed E-state index contributed by atoms with van der Waals surface area (Å²) in [6, 6.07) is 5.88. The number of carbonyl (C=O) groups is 4. The third-order valence-electron chi connectivity index (χ3n) is 11.3. The molecule has 21 heteroatoms. The van der Waals surface area contributed by atoms with Crippen LogP contribution < -0.4 is 57.5 Å². The number of pyridine rings is 2. The Morgan fingerprint density at radius 1 is 0.762 bits per heavy atom. The molecule has 0 radical (unpaired) electrons. The molecule has 2 aromatic carbocycles. The van der Waals surface area contributed by atoms with Gasteiger partial charge in [0.25, 0.3) is 23.6 Å². The minimum Gasteiger partial charge on any atom is -1.00 e. The van der Waals surface area contributed by atoms with Crippen molar-refractivity contribution in [1.29, 1.82) is 0 Å². The molecule has 2 aromatic heterocycles. The summed E-state index contributed by atoms with van der Waals surface area (Å²) in [5.41, 5.74) is -0.791. The molecule has 0 bridgehead atoms. The Bertz CT molecular complexity index is 2600. The largest absolute Gasteiger partial charge is 1.00 e. The van der Waals surface area contributed by atoms with Crippen molar-refractivity contribution >= 4 is 23.6 Å². The summed E-state index contributed by atoms with van der Waals surface area (Å²) in [6.45, 7) is 5.12. The van der Waals surface area contributed by atoms with Crippen LogP contribution in [0.4, 0.5) is 22.0 Å². The van der Waals surface area contributed by atoms with Gasteiger partial charge in [-0.2, -0.15) is 0 Å². The third-order valence-corrected chi connectivity index (χ3v) is 11.3. The molecule has 0 saturated carbocycles. The number of nitrogens with zero attached hydrogens (tertiary/aromatic N) is 4. The van der Waals surface area contributed by atoms with Crippen LogP contribution in [0.15, 0.2) is 46.0 Å². The summed E-state index contributed by atoms with van der Waals surface area (Å²) >= 11 is 0. The van der Waals surface area contributed by atoms with Crippen molar-refractivity contribution in [3.8, 4) is 11.5 Å². The zero-order chi connectivity index (χ0) is 45.2. The molecule has 4 aliphatic heterocycles. The van der Waals surface area contributed by atoms with E-state index >= 15 is 0 Å². The standard InChI is InChI=1S/C21H21F2N3O4.C20H19F2N3O4.CH3F.ClH.Li/c1-3-25-10-13-6-7-15-16(18(27)19(30-2)17(21(25)29)26(13)15)20(28)24-9-11-4-5-12(22)8-14(11)23;1-2-24-9-12-5-6-14-15(17(26)18(27)16(20(24)29)25(12)14)19(28)23-8-10-3-4-11(21)7-13(10)22;1-2;;/h4-5,8,13H,3,6-7,9-10H2,1-2H3,(H,24,28);3-4,7,12,27H,2,5-6,8-9H2,1H3,(H,23,28);1H3;1H;/q;;;;+1/p-1/i;;1D;;. The van der Waals surface area contributed by atoms with Gasteiger partial charge in [0.15, 0.2) is 22.9 Å². The molecule has 0 aliphatic carbocycles. The van der Waals surface area contributed by atoms with E-state index in [1.807, 2.05) is 13.8 Å². The van der Waals surface area contributed by atoms with Gasteiger partial charge in [-0.25, -0.2) is 17.6 Å². The SMILES string of the molecule is CCN1CC2CCc3c(C(=O)NCc4ccc(F)cc4F)c(=O)c(O)c(n32)C1=O.CCN1CC2CCc3c(C(=O)NCc4ccc(F)cc4F)c(=O)c(OC)c(n32)C1=O.[2H]CF.[Cl-].[Li+]. The minimum atomic E-state index is -1.00. The van der Waals surface area contributed by atoms with Crippen LogP contribution in [0, 0.1) is 23.3 Å². The number of aromatic nitrogens is 2. The number of nitrogens with one attached hydrogen (secondary N) is 2. The van der Waals surface area contributed by atoms with Gasteiger partial charge in [0.2, 0.25) is 10.9 Å². The molecule has 8 rings (SSSR count). The molecule has 4 aliphatic rings. The molecule has 3 N–H and O–H groups in total. The molecule has 0 spiro atoms. The number of likely N-dealkylation sites (N-methyl/N-ethyl adjacent to an activating group) is 2. The van der Waals surface area contributed by atoms with Crippen molar-refractivity contribution in [1.82, 2.24) is 29.6 Å². The van der Waals surface area contributed by atoms with Crippen LogP contribution in [0.1, 0.15) is 104 Å². The number of rotatable bonds is 9. The number of amides is 4. The van der Waals surface area contributed by atoms with Crippen molar-refractivity contribution in [3.05, 3.63) is 125 Å². The van der Waals surface area contributed by atoms with Crippen LogP contribution >= 0.6 is 0 Å². The van der Waals surface area contributed by atoms with Gasteiger partial charge in [-0.05, 0) is 51.7 Å². The van der Waals surface area contributed by atoms with Crippen LogP contribution in [0.25, 0.3) is 0 Å². The first-order valence-electron chi connectivity index (χ1n) is 20.1. The predicted molar refractivity (Wildman–Crippen MR) is 210 cm³/mol. The summed E-state index contributed by atoms with van der Waals surface area (Å²) in [7, 11) is 0.290. The fourth-order valence-corrected chi connectivity index (χ4v) is 8.39. The van der Waals surface area contributed by atoms with Crippen molar-refractivity contribution in [3.63, 3.8) is 0 Å². The van der Waals surface area contributed by atoms with E-state index in [4.69, 9.17) is 6.11 Å². The second-order valence-corrected chi connectivity index (χ2v) is 14.5. The maximum absolute atomic E-state index is 13.9. The van der Waals surface area contributed by atoms with Gasteiger partial charge in [-0.1, -0.05) is 12.1 Å². The Kier molecular flexibility index (Phi) is 15.9. The molecular weight excluding hydrogens is 854 g/mol. The number of carbonyl (C=O) groups excluding carboxylic acids is 4. The molecule has 4 amide bonds. The summed E-state index contributed by atoms with van der Waals surface area (Å²) in [4.78, 5) is 80.2. The average Bonchev–Trinajstić information content (AvgIpc) is 3.85. The Labute approximate surface area is 377 Å². The maximum atomic E-state index is 13.9. The van der Waals surface area contributed by atoms with Gasteiger partial charge in [-0.15, -0.1) is 0 Å². The van der Waals surface area contributed by atoms with Gasteiger partial charge < -0.3 is 51.8 Å². The van der Waals surface area contributed by atoms with E-state index in [2.05, 4.69) is 10.6 Å². The van der Waals surface area contributed by atoms with E-state index in [1.165, 1.54) is 19.2 Å². The summed E-state index contributed by atoms with van der Waals surface area (Å²) in [5.74, 6) is -6.16. The zero-order valence-corrected chi connectivity index (χ0v) is 35.5. The third kappa shape index (κ3) is 9.22. The fraction of sp³-hybridized carbons (Fsp3) is 0.381. The van der Waals surface area contributed by atoms with Crippen LogP contribution in [0.2, 0.25) is 0 Å². The van der Waals surface area contributed by atoms with Crippen molar-refractivity contribution in [2.75, 3.05) is 40.4 Å². The van der Waals surface area contributed by atoms with Gasteiger partial charge in [0.1, 0.15) is 34.4 Å². The number of hydrogen-bond acceptors (Lipinski definition) is 8. The number of aromatic hydroxyl groups is 1. The van der Waals surface area contributed by atoms with Crippen LogP contribution in [0.5, 0.6) is 11.5 Å². The minimum absolute atomic E-state index is 0. The first-order valence-corrected chi connectivity index (χ1v) is 19.4. The molecule has 63 heavy (non-hydrogen) atoms. The summed E-state index contributed by atoms with van der Waals surface area (Å²) in [6.07, 6.45) is 2.20. The monoisotopic (exact) mass is 897 g/mol. The topological polar surface area (TPSA) is 172 Å². The molecular formula is C42H43ClF5LiN6O8. The van der Waals surface area contributed by atoms with Crippen molar-refractivity contribution in [2.45, 2.75) is 64.7 Å². The second kappa shape index (κ2) is 20.7. The zero-order valence-electron chi connectivity index (χ0n) is 35.8. The van der Waals surface area contributed by atoms with Crippen LogP contribution in [0.3, 0.4) is 0 Å². The van der Waals surface area contributed by atoms with Crippen LogP contribution in [-0.4, -0.2) is 88.1 Å². The smallest absolute Gasteiger partial charge is 1.00 e. The first kappa shape index (κ1) is 48.4. The molecule has 6 heterocycles. The number of alkyl halides is 1. The maximum Gasteiger partial charge on any atom is 1.00 e. The Balaban J connectivity index is 0.000000257. The van der Waals surface area contributed by atoms with E-state index in [-0.39, 0.29) is 102 Å². The number of methoxy groups -OCH3 is 1. The van der Waals surface area contributed by atoms with Gasteiger partial charge in [0, 0.05) is 73.9 Å². The Morgan fingerprint density at radius 2 is 1.17 bits per heavy atom. The van der Waals surface area contributed by atoms with E-state index < -0.39 is 64.8 Å². The predicted octanol–water partition coefficient (Wildman–Crippen LogP) is -1.65. The number of hydrogen-bond donors (Lipinski definition) is 3. The normalized spacial score (nSPS) is 16.5. The quantitative estimate of drug-likeness (QED) is 0.133. The van der Waals surface area contributed by atoms with Gasteiger partial charge >= 0.3 is 18.9 Å². The fourth-order valence-electron chi connectivity index (χ4n) is 8.39. The second-order valence-electron chi connectivity index (χ2n) is 14.5. The Hall–Kier alpha value is -5.64. The van der Waals surface area contributed by atoms with Gasteiger partial charge in [-0.3, -0.25) is 33.2 Å². The summed E-state index contributed by atoms with van der Waals surface area (Å²) in [5, 5.41) is 15.4. The molecule has 14 nitrogen and oxygen atoms in total. The van der Waals surface area contributed by atoms with E-state index in [0.717, 1.165) is 18.2 Å². The molecule has 332 valence electrons. The number of benzene rings is 2.